The Labute approximate surface area is 103 Å². The van der Waals surface area contributed by atoms with Crippen molar-refractivity contribution in [3.8, 4) is 0 Å². The molecular weight excluding hydrogens is 214 g/mol. The summed E-state index contributed by atoms with van der Waals surface area (Å²) >= 11 is 1.98. The van der Waals surface area contributed by atoms with Gasteiger partial charge in [-0.3, -0.25) is 0 Å². The van der Waals surface area contributed by atoms with Crippen molar-refractivity contribution in [2.45, 2.75) is 45.4 Å². The van der Waals surface area contributed by atoms with Gasteiger partial charge in [-0.1, -0.05) is 32.6 Å². The molecule has 1 atom stereocenters. The molecule has 0 amide bonds. The molecule has 2 N–H and O–H groups in total. The van der Waals surface area contributed by atoms with Crippen LogP contribution < -0.4 is 5.73 Å². The Morgan fingerprint density at radius 2 is 2.00 bits per heavy atom. The van der Waals surface area contributed by atoms with E-state index in [9.17, 15) is 0 Å². The van der Waals surface area contributed by atoms with E-state index < -0.39 is 0 Å². The van der Waals surface area contributed by atoms with E-state index in [0.717, 1.165) is 18.4 Å². The predicted molar refractivity (Wildman–Crippen MR) is 71.9 cm³/mol. The molecule has 1 nitrogen and oxygen atoms in total. The normalized spacial score (nSPS) is 19.1. The van der Waals surface area contributed by atoms with Gasteiger partial charge in [-0.05, 0) is 43.4 Å². The van der Waals surface area contributed by atoms with Crippen LogP contribution in [0, 0.1) is 11.8 Å². The first-order valence-corrected chi connectivity index (χ1v) is 7.42. The van der Waals surface area contributed by atoms with Crippen LogP contribution in [0.25, 0.3) is 0 Å². The summed E-state index contributed by atoms with van der Waals surface area (Å²) in [7, 11) is 0. The number of hydrogen-bond donors (Lipinski definition) is 1. The Bertz CT molecular complexity index is 312. The van der Waals surface area contributed by atoms with Crippen LogP contribution in [0.2, 0.25) is 0 Å². The summed E-state index contributed by atoms with van der Waals surface area (Å²) in [6.45, 7) is 3.09. The van der Waals surface area contributed by atoms with E-state index in [1.165, 1.54) is 43.4 Å². The first-order chi connectivity index (χ1) is 7.83. The zero-order valence-electron chi connectivity index (χ0n) is 10.2. The Morgan fingerprint density at radius 1 is 1.31 bits per heavy atom. The van der Waals surface area contributed by atoms with Crippen molar-refractivity contribution in [1.82, 2.24) is 0 Å². The molecule has 1 aromatic heterocycles. The molecule has 0 spiro atoms. The van der Waals surface area contributed by atoms with E-state index in [1.807, 2.05) is 11.3 Å². The standard InChI is InChI=1S/C14H23NS/c1-2-13-7-8-14(16-13)9-12(10-15)11-5-3-4-6-11/h7-8,11-12H,2-6,9-10,15H2,1H3. The zero-order valence-corrected chi connectivity index (χ0v) is 11.1. The minimum absolute atomic E-state index is 0.728. The van der Waals surface area contributed by atoms with Gasteiger partial charge in [0.1, 0.15) is 0 Å². The second-order valence-corrected chi connectivity index (χ2v) is 6.22. The minimum atomic E-state index is 0.728. The summed E-state index contributed by atoms with van der Waals surface area (Å²) in [5, 5.41) is 0. The second-order valence-electron chi connectivity index (χ2n) is 4.97. The van der Waals surface area contributed by atoms with Gasteiger partial charge in [0.15, 0.2) is 0 Å². The molecule has 2 heteroatoms. The van der Waals surface area contributed by atoms with Crippen molar-refractivity contribution in [2.75, 3.05) is 6.54 Å². The molecule has 16 heavy (non-hydrogen) atoms. The fourth-order valence-electron chi connectivity index (χ4n) is 2.85. The molecular formula is C14H23NS. The Morgan fingerprint density at radius 3 is 2.56 bits per heavy atom. The van der Waals surface area contributed by atoms with Gasteiger partial charge in [-0.15, -0.1) is 11.3 Å². The van der Waals surface area contributed by atoms with Crippen molar-refractivity contribution in [3.05, 3.63) is 21.9 Å². The van der Waals surface area contributed by atoms with Gasteiger partial charge >= 0.3 is 0 Å². The Hall–Kier alpha value is -0.340. The molecule has 0 bridgehead atoms. The lowest BCUT2D eigenvalue weighted by atomic mass is 9.88. The summed E-state index contributed by atoms with van der Waals surface area (Å²) in [4.78, 5) is 3.05. The quantitative estimate of drug-likeness (QED) is 0.831. The van der Waals surface area contributed by atoms with Crippen molar-refractivity contribution in [1.29, 1.82) is 0 Å². The molecule has 0 radical (unpaired) electrons. The lowest BCUT2D eigenvalue weighted by Crippen LogP contribution is -2.23. The zero-order chi connectivity index (χ0) is 11.4. The van der Waals surface area contributed by atoms with Crippen molar-refractivity contribution in [3.63, 3.8) is 0 Å². The van der Waals surface area contributed by atoms with Gasteiger partial charge in [0.05, 0.1) is 0 Å². The monoisotopic (exact) mass is 237 g/mol. The van der Waals surface area contributed by atoms with Crippen LogP contribution in [0.4, 0.5) is 0 Å². The predicted octanol–water partition coefficient (Wildman–Crippen LogP) is 3.62. The minimum Gasteiger partial charge on any atom is -0.330 e. The van der Waals surface area contributed by atoms with E-state index in [1.54, 1.807) is 4.88 Å². The topological polar surface area (TPSA) is 26.0 Å². The summed E-state index contributed by atoms with van der Waals surface area (Å²) in [5.74, 6) is 1.63. The van der Waals surface area contributed by atoms with Gasteiger partial charge in [0.2, 0.25) is 0 Å². The highest BCUT2D eigenvalue weighted by molar-refractivity contribution is 7.11. The number of nitrogens with two attached hydrogens (primary N) is 1. The highest BCUT2D eigenvalue weighted by atomic mass is 32.1. The molecule has 0 aromatic carbocycles. The third-order valence-electron chi connectivity index (χ3n) is 3.90. The summed E-state index contributed by atoms with van der Waals surface area (Å²) in [6.07, 6.45) is 8.05. The average molecular weight is 237 g/mol. The molecule has 2 rings (SSSR count). The molecule has 0 saturated heterocycles. The van der Waals surface area contributed by atoms with Gasteiger partial charge in [0.25, 0.3) is 0 Å². The van der Waals surface area contributed by atoms with Crippen LogP contribution in [-0.4, -0.2) is 6.54 Å². The van der Waals surface area contributed by atoms with Crippen molar-refractivity contribution >= 4 is 11.3 Å². The Kier molecular flexibility index (Phi) is 4.42. The highest BCUT2D eigenvalue weighted by Crippen LogP contribution is 2.33. The maximum atomic E-state index is 5.94. The maximum absolute atomic E-state index is 5.94. The third-order valence-corrected chi connectivity index (χ3v) is 5.15. The van der Waals surface area contributed by atoms with E-state index in [0.29, 0.717) is 0 Å². The van der Waals surface area contributed by atoms with Gasteiger partial charge < -0.3 is 5.73 Å². The van der Waals surface area contributed by atoms with Crippen molar-refractivity contribution < 1.29 is 0 Å². The SMILES string of the molecule is CCc1ccc(CC(CN)C2CCCC2)s1. The van der Waals surface area contributed by atoms with Crippen molar-refractivity contribution in [2.24, 2.45) is 17.6 Å². The summed E-state index contributed by atoms with van der Waals surface area (Å²) in [5.41, 5.74) is 5.94. The highest BCUT2D eigenvalue weighted by Gasteiger charge is 2.24. The molecule has 1 aliphatic rings. The van der Waals surface area contributed by atoms with Gasteiger partial charge in [-0.25, -0.2) is 0 Å². The third kappa shape index (κ3) is 2.86. The van der Waals surface area contributed by atoms with Crippen LogP contribution in [0.5, 0.6) is 0 Å². The fraction of sp³-hybridized carbons (Fsp3) is 0.714. The van der Waals surface area contributed by atoms with Gasteiger partial charge in [0, 0.05) is 9.75 Å². The molecule has 1 saturated carbocycles. The number of aryl methyl sites for hydroxylation is 1. The van der Waals surface area contributed by atoms with Gasteiger partial charge in [-0.2, -0.15) is 0 Å². The molecule has 1 aliphatic carbocycles. The fourth-order valence-corrected chi connectivity index (χ4v) is 3.90. The number of rotatable bonds is 5. The second kappa shape index (κ2) is 5.83. The molecule has 1 fully saturated rings. The summed E-state index contributed by atoms with van der Waals surface area (Å²) < 4.78 is 0. The van der Waals surface area contributed by atoms with Crippen LogP contribution in [0.1, 0.15) is 42.4 Å². The average Bonchev–Trinajstić information content (AvgIpc) is 2.96. The smallest absolute Gasteiger partial charge is 0.00515 e. The van der Waals surface area contributed by atoms with Crippen LogP contribution in [0.3, 0.4) is 0 Å². The number of hydrogen-bond acceptors (Lipinski definition) is 2. The van der Waals surface area contributed by atoms with E-state index >= 15 is 0 Å². The van der Waals surface area contributed by atoms with Crippen LogP contribution in [-0.2, 0) is 12.8 Å². The van der Waals surface area contributed by atoms with E-state index in [4.69, 9.17) is 5.73 Å². The molecule has 0 aliphatic heterocycles. The number of thiophene rings is 1. The van der Waals surface area contributed by atoms with Crippen LogP contribution >= 0.6 is 11.3 Å². The molecule has 1 aromatic rings. The maximum Gasteiger partial charge on any atom is 0.00515 e. The van der Waals surface area contributed by atoms with E-state index in [-0.39, 0.29) is 0 Å². The van der Waals surface area contributed by atoms with Crippen LogP contribution in [0.15, 0.2) is 12.1 Å². The molecule has 90 valence electrons. The largest absolute Gasteiger partial charge is 0.330 e. The van der Waals surface area contributed by atoms with E-state index in [2.05, 4.69) is 19.1 Å². The Balaban J connectivity index is 1.94. The lowest BCUT2D eigenvalue weighted by molar-refractivity contribution is 0.346. The summed E-state index contributed by atoms with van der Waals surface area (Å²) in [6, 6.07) is 4.59. The first-order valence-electron chi connectivity index (χ1n) is 6.61. The molecule has 1 unspecified atom stereocenters. The molecule has 1 heterocycles. The lowest BCUT2D eigenvalue weighted by Gasteiger charge is -2.20. The first kappa shape index (κ1) is 12.1.